The summed E-state index contributed by atoms with van der Waals surface area (Å²) < 4.78 is 56.3. The maximum absolute atomic E-state index is 9.97. The van der Waals surface area contributed by atoms with E-state index in [0.717, 1.165) is 16.5 Å². The Bertz CT molecular complexity index is 6320. The molecule has 18 rings (SSSR count). The van der Waals surface area contributed by atoms with Gasteiger partial charge in [0, 0.05) is 49.4 Å². The molecule has 0 saturated heterocycles. The van der Waals surface area contributed by atoms with Crippen LogP contribution in [0.2, 0.25) is 0 Å². The summed E-state index contributed by atoms with van der Waals surface area (Å²) in [6, 6.07) is 47.5. The molecule has 16 bridgehead atoms. The van der Waals surface area contributed by atoms with E-state index in [1.54, 1.807) is 6.07 Å². The van der Waals surface area contributed by atoms with Gasteiger partial charge >= 0.3 is 0 Å². The van der Waals surface area contributed by atoms with E-state index < -0.39 is 0 Å². The maximum atomic E-state index is 9.97. The van der Waals surface area contributed by atoms with Gasteiger partial charge in [-0.3, -0.25) is 0 Å². The van der Waals surface area contributed by atoms with Crippen LogP contribution in [-0.2, 0) is 9.47 Å². The number of rotatable bonds is 27. The fourth-order valence-corrected chi connectivity index (χ4v) is 14.3. The summed E-state index contributed by atoms with van der Waals surface area (Å²) in [7, 11) is 0. The molecule has 0 spiro atoms. The number of nitrogens with one attached hydrogen (secondary N) is 4. The predicted octanol–water partition coefficient (Wildman–Crippen LogP) is 12.2. The number of aliphatic hydroxyl groups excluding tert-OH is 4. The molecule has 0 aliphatic carbocycles. The van der Waals surface area contributed by atoms with Crippen molar-refractivity contribution in [2.45, 2.75) is 19.8 Å². The van der Waals surface area contributed by atoms with E-state index in [-0.39, 0.29) is 104 Å². The molecule has 8 N–H and O–H groups in total. The Morgan fingerprint density at radius 3 is 0.856 bits per heavy atom. The lowest BCUT2D eigenvalue weighted by atomic mass is 10.1. The number of aromatic amines is 4. The lowest BCUT2D eigenvalue weighted by Gasteiger charge is -2.10. The highest BCUT2D eigenvalue weighted by molar-refractivity contribution is 6.12. The molecule has 4 aliphatic rings. The summed E-state index contributed by atoms with van der Waals surface area (Å²) in [5.41, 5.74) is 8.62. The van der Waals surface area contributed by atoms with Crippen LogP contribution in [0.5, 0.6) is 40.2 Å². The average molecular weight is 1490 g/mol. The molecule has 10 heterocycles. The highest BCUT2D eigenvalue weighted by atomic mass is 16.5. The molecular formula is C82H70N16O13. The first-order valence-corrected chi connectivity index (χ1v) is 36.5. The minimum absolute atomic E-state index is 0.0141. The van der Waals surface area contributed by atoms with Crippen LogP contribution in [0.25, 0.3) is 179 Å². The van der Waals surface area contributed by atoms with E-state index in [9.17, 15) is 20.4 Å². The van der Waals surface area contributed by atoms with E-state index >= 15 is 0 Å². The SMILES string of the molecule is CCOc1cccc2c1-c1nc-2nc2[nH]c(nc3nc(nc4[nH]c(n1)c1cccc(OCCO)c41)-c1ccccc1-3)c1cccc(OCCCCOc3cccc4c5nc6nc(nc7[nH]c(nc8nc(nc([nH]5)c34)-c3cccc(OCCOCCO)c3-8)c3cccc(OCCO)c73)-c3cccc(OCCOCCO)c3-6)c21. The minimum Gasteiger partial charge on any atom is -0.493 e. The zero-order valence-electron chi connectivity index (χ0n) is 59.8. The number of aromatic nitrogens is 16. The van der Waals surface area contributed by atoms with Crippen LogP contribution in [0.15, 0.2) is 152 Å². The van der Waals surface area contributed by atoms with E-state index in [2.05, 4.69) is 19.9 Å². The Kier molecular flexibility index (Phi) is 19.1. The average Bonchev–Trinajstić information content (AvgIpc) is 1.60. The predicted molar refractivity (Wildman–Crippen MR) is 415 cm³/mol. The van der Waals surface area contributed by atoms with Gasteiger partial charge in [0.05, 0.1) is 111 Å². The Hall–Kier alpha value is -13.2. The first kappa shape index (κ1) is 69.6. The minimum atomic E-state index is -0.229. The molecule has 0 atom stereocenters. The van der Waals surface area contributed by atoms with Crippen molar-refractivity contribution in [3.05, 3.63) is 152 Å². The normalized spacial score (nSPS) is 12.0. The van der Waals surface area contributed by atoms with Crippen LogP contribution in [0, 0.1) is 0 Å². The second-order valence-corrected chi connectivity index (χ2v) is 25.9. The van der Waals surface area contributed by atoms with Gasteiger partial charge in [-0.05, 0) is 62.2 Å². The van der Waals surface area contributed by atoms with Crippen LogP contribution >= 0.6 is 0 Å². The zero-order chi connectivity index (χ0) is 74.9. The Morgan fingerprint density at radius 2 is 0.514 bits per heavy atom. The molecule has 8 aromatic carbocycles. The van der Waals surface area contributed by atoms with Crippen LogP contribution in [0.3, 0.4) is 0 Å². The van der Waals surface area contributed by atoms with E-state index in [1.807, 2.05) is 153 Å². The number of ether oxygens (including phenoxy) is 9. The standard InChI is InChI=1S/C82H70N16O13/c1-2-105-53-23-7-16-46-60(53)76-87-70(46)90-78-61-47(69(86-78)84-67-44-14-3-4-15-45(44)68(83-67)85-77-63-49(72(88-76)89-77)19-10-26-56(63)108-38-32-101)17-8-24-54(61)106-34-5-6-35-107-55-25-9-18-48-62(55)79-91-71(48)95-81-66-52(22-13-29-59(66)111-43-41-104-37-31-100)75(98-81)94-80-64-50(20-11-27-57(64)109-39-33-102)73(93-80)96-82-65-51(74(92-79)97-82)21-12-28-58(65)110-42-40-103-36-30-99/h3-4,7-29,99-102H,2,5-6,30-43H2,1H3,(H2,83,84,85,86,87,88,89,90)(H2,91,92,93,94,95,96,97,98). The number of H-pyrrole nitrogens is 4. The van der Waals surface area contributed by atoms with Gasteiger partial charge in [-0.2, -0.15) is 0 Å². The van der Waals surface area contributed by atoms with Crippen LogP contribution in [0.4, 0.5) is 0 Å². The molecule has 111 heavy (non-hydrogen) atoms. The van der Waals surface area contributed by atoms with Crippen LogP contribution < -0.4 is 33.2 Å². The molecule has 0 radical (unpaired) electrons. The second-order valence-electron chi connectivity index (χ2n) is 25.9. The molecular weight excluding hydrogens is 1420 g/mol. The van der Waals surface area contributed by atoms with E-state index in [1.165, 1.54) is 0 Å². The Morgan fingerprint density at radius 1 is 0.243 bits per heavy atom. The highest BCUT2D eigenvalue weighted by Gasteiger charge is 2.30. The lowest BCUT2D eigenvalue weighted by Crippen LogP contribution is -2.09. The summed E-state index contributed by atoms with van der Waals surface area (Å²) in [6.45, 7) is 3.31. The van der Waals surface area contributed by atoms with Crippen molar-refractivity contribution in [2.24, 2.45) is 0 Å². The highest BCUT2D eigenvalue weighted by Crippen LogP contribution is 2.47. The molecule has 0 unspecified atom stereocenters. The maximum Gasteiger partial charge on any atom is 0.168 e. The largest absolute Gasteiger partial charge is 0.493 e. The van der Waals surface area contributed by atoms with Crippen molar-refractivity contribution in [1.29, 1.82) is 0 Å². The summed E-state index contributed by atoms with van der Waals surface area (Å²) in [6.07, 6.45) is 1.12. The Labute approximate surface area is 630 Å². The van der Waals surface area contributed by atoms with Crippen LogP contribution in [0.1, 0.15) is 19.8 Å². The van der Waals surface area contributed by atoms with Crippen molar-refractivity contribution in [2.75, 3.05) is 99.1 Å². The first-order chi connectivity index (χ1) is 54.8. The van der Waals surface area contributed by atoms with Crippen molar-refractivity contribution < 1.29 is 63.1 Å². The number of fused-ring (bicyclic) bond motifs is 40. The van der Waals surface area contributed by atoms with Gasteiger partial charge in [-0.25, -0.2) is 59.8 Å². The molecule has 556 valence electrons. The molecule has 29 heteroatoms. The smallest absolute Gasteiger partial charge is 0.168 e. The molecule has 4 aliphatic heterocycles. The summed E-state index contributed by atoms with van der Waals surface area (Å²) >= 11 is 0. The number of hydrogen-bond donors (Lipinski definition) is 8. The number of aliphatic hydroxyl groups is 4. The Balaban J connectivity index is 0.728. The monoisotopic (exact) mass is 1490 g/mol. The lowest BCUT2D eigenvalue weighted by molar-refractivity contribution is 0.0706. The zero-order valence-corrected chi connectivity index (χ0v) is 59.8. The van der Waals surface area contributed by atoms with Crippen molar-refractivity contribution in [3.8, 4) is 131 Å². The fraction of sp³-hybridized carbons (Fsp3) is 0.220. The van der Waals surface area contributed by atoms with Gasteiger partial charge in [0.15, 0.2) is 46.6 Å². The molecule has 0 amide bonds. The summed E-state index contributed by atoms with van der Waals surface area (Å²) in [4.78, 5) is 76.9. The van der Waals surface area contributed by atoms with E-state index in [4.69, 9.17) is 102 Å². The van der Waals surface area contributed by atoms with E-state index in [0.29, 0.717) is 211 Å². The molecule has 0 fully saturated rings. The molecule has 29 nitrogen and oxygen atoms in total. The van der Waals surface area contributed by atoms with Crippen molar-refractivity contribution in [3.63, 3.8) is 0 Å². The third-order valence-corrected chi connectivity index (χ3v) is 19.0. The molecule has 0 saturated carbocycles. The second kappa shape index (κ2) is 30.5. The summed E-state index contributed by atoms with van der Waals surface area (Å²) in [5, 5.41) is 44.0. The fourth-order valence-electron chi connectivity index (χ4n) is 14.3. The quantitative estimate of drug-likeness (QED) is 0.0222. The van der Waals surface area contributed by atoms with Gasteiger partial charge in [0.25, 0.3) is 0 Å². The van der Waals surface area contributed by atoms with Crippen LogP contribution in [-0.4, -0.2) is 199 Å². The number of benzene rings is 8. The topological polar surface area (TPSA) is 382 Å². The van der Waals surface area contributed by atoms with Gasteiger partial charge in [0.1, 0.15) is 112 Å². The summed E-state index contributed by atoms with van der Waals surface area (Å²) in [5.74, 6) is 6.28. The first-order valence-electron chi connectivity index (χ1n) is 36.5. The molecule has 14 aromatic rings. The van der Waals surface area contributed by atoms with Crippen molar-refractivity contribution >= 4 is 88.3 Å². The van der Waals surface area contributed by atoms with Gasteiger partial charge in [0.2, 0.25) is 0 Å². The van der Waals surface area contributed by atoms with Gasteiger partial charge in [-0.15, -0.1) is 0 Å². The third-order valence-electron chi connectivity index (χ3n) is 19.0. The van der Waals surface area contributed by atoms with Gasteiger partial charge in [-0.1, -0.05) is 109 Å². The third kappa shape index (κ3) is 13.1. The number of unbranched alkanes of at least 4 members (excludes halogenated alkanes) is 1. The molecule has 6 aromatic heterocycles. The number of nitrogens with zero attached hydrogens (tertiary/aromatic N) is 12. The number of hydrogen-bond acceptors (Lipinski definition) is 25. The van der Waals surface area contributed by atoms with Crippen molar-refractivity contribution in [1.82, 2.24) is 79.7 Å². The van der Waals surface area contributed by atoms with Gasteiger partial charge < -0.3 is 83.0 Å².